The number of hydrogen-bond acceptors (Lipinski definition) is 5. The van der Waals surface area contributed by atoms with Crippen LogP contribution >= 0.6 is 0 Å². The van der Waals surface area contributed by atoms with Gasteiger partial charge < -0.3 is 19.0 Å². The van der Waals surface area contributed by atoms with Crippen molar-refractivity contribution in [2.45, 2.75) is 45.3 Å². The molecule has 0 amide bonds. The van der Waals surface area contributed by atoms with Crippen LogP contribution in [0.4, 0.5) is 0 Å². The third-order valence-corrected chi connectivity index (χ3v) is 4.82. The zero-order valence-corrected chi connectivity index (χ0v) is 14.2. The maximum atomic E-state index is 9.51. The predicted octanol–water partition coefficient (Wildman–Crippen LogP) is 4.26. The van der Waals surface area contributed by atoms with Crippen molar-refractivity contribution in [3.05, 3.63) is 29.7 Å². The fraction of sp³-hybridized carbons (Fsp3) is 0.526. The van der Waals surface area contributed by atoms with Gasteiger partial charge in [0.25, 0.3) is 0 Å². The largest absolute Gasteiger partial charge is 0.508 e. The van der Waals surface area contributed by atoms with Crippen LogP contribution in [0.1, 0.15) is 45.4 Å². The van der Waals surface area contributed by atoms with E-state index in [0.29, 0.717) is 11.5 Å². The van der Waals surface area contributed by atoms with E-state index in [9.17, 15) is 5.11 Å². The second-order valence-electron chi connectivity index (χ2n) is 7.66. The van der Waals surface area contributed by atoms with Crippen LogP contribution in [-0.4, -0.2) is 29.1 Å². The van der Waals surface area contributed by atoms with E-state index in [1.807, 2.05) is 6.08 Å². The smallest absolute Gasteiger partial charge is 0.219 e. The Morgan fingerprint density at radius 3 is 2.54 bits per heavy atom. The summed E-state index contributed by atoms with van der Waals surface area (Å²) in [5.41, 5.74) is 2.77. The van der Waals surface area contributed by atoms with E-state index in [4.69, 9.17) is 13.9 Å². The summed E-state index contributed by atoms with van der Waals surface area (Å²) in [6.07, 6.45) is 5.59. The molecule has 2 heterocycles. The molecule has 4 rings (SSSR count). The molecule has 1 saturated heterocycles. The Hall–Kier alpha value is -1.85. The molecule has 0 unspecified atom stereocenters. The molecule has 5 nitrogen and oxygen atoms in total. The number of fused-ring (bicyclic) bond motifs is 1. The van der Waals surface area contributed by atoms with Gasteiger partial charge in [-0.15, -0.1) is 0 Å². The van der Waals surface area contributed by atoms with E-state index >= 15 is 0 Å². The number of aromatic hydroxyl groups is 1. The molecular formula is C19H23NO4. The lowest BCUT2D eigenvalue weighted by Gasteiger charge is -2.45. The van der Waals surface area contributed by atoms with Crippen molar-refractivity contribution in [1.29, 1.82) is 0 Å². The van der Waals surface area contributed by atoms with Gasteiger partial charge in [0, 0.05) is 24.3 Å². The van der Waals surface area contributed by atoms with Gasteiger partial charge in [-0.05, 0) is 31.1 Å². The highest BCUT2D eigenvalue weighted by Crippen LogP contribution is 2.41. The van der Waals surface area contributed by atoms with Crippen molar-refractivity contribution >= 4 is 17.2 Å². The molecule has 5 heteroatoms. The number of benzene rings is 1. The quantitative estimate of drug-likeness (QED) is 0.847. The molecule has 1 aromatic heterocycles. The van der Waals surface area contributed by atoms with Crippen LogP contribution in [0.25, 0.3) is 17.2 Å². The highest BCUT2D eigenvalue weighted by molar-refractivity contribution is 5.75. The van der Waals surface area contributed by atoms with Gasteiger partial charge in [0.15, 0.2) is 11.4 Å². The van der Waals surface area contributed by atoms with Crippen molar-refractivity contribution in [1.82, 2.24) is 4.98 Å². The molecule has 2 aromatic rings. The first-order valence-electron chi connectivity index (χ1n) is 8.50. The first-order chi connectivity index (χ1) is 11.4. The molecule has 1 aromatic carbocycles. The molecule has 24 heavy (non-hydrogen) atoms. The van der Waals surface area contributed by atoms with Crippen LogP contribution in [0.15, 0.2) is 28.2 Å². The number of rotatable bonds is 1. The number of nitrogens with zero attached hydrogens (tertiary/aromatic N) is 1. The molecule has 0 bridgehead atoms. The fourth-order valence-corrected chi connectivity index (χ4v) is 3.29. The molecule has 128 valence electrons. The third-order valence-electron chi connectivity index (χ3n) is 4.82. The van der Waals surface area contributed by atoms with Crippen molar-refractivity contribution in [2.24, 2.45) is 5.41 Å². The second kappa shape index (κ2) is 5.60. The molecule has 0 atom stereocenters. The molecule has 1 aliphatic heterocycles. The van der Waals surface area contributed by atoms with Gasteiger partial charge >= 0.3 is 0 Å². The van der Waals surface area contributed by atoms with Crippen LogP contribution in [0.5, 0.6) is 5.75 Å². The molecule has 1 N–H and O–H groups in total. The average Bonchev–Trinajstić information content (AvgIpc) is 2.94. The number of phenols is 1. The molecule has 2 fully saturated rings. The molecule has 2 aliphatic rings. The summed E-state index contributed by atoms with van der Waals surface area (Å²) in [6, 6.07) is 4.97. The summed E-state index contributed by atoms with van der Waals surface area (Å²) >= 11 is 0. The maximum Gasteiger partial charge on any atom is 0.219 e. The summed E-state index contributed by atoms with van der Waals surface area (Å²) in [4.78, 5) is 4.45. The summed E-state index contributed by atoms with van der Waals surface area (Å²) < 4.78 is 17.8. The van der Waals surface area contributed by atoms with E-state index in [1.165, 1.54) is 5.57 Å². The number of allylic oxidation sites excluding steroid dienone is 1. The van der Waals surface area contributed by atoms with Gasteiger partial charge in [0.1, 0.15) is 11.3 Å². The lowest BCUT2D eigenvalue weighted by Crippen LogP contribution is -2.48. The Kier molecular flexibility index (Phi) is 3.66. The predicted molar refractivity (Wildman–Crippen MR) is 90.5 cm³/mol. The van der Waals surface area contributed by atoms with Crippen LogP contribution in [0.3, 0.4) is 0 Å². The second-order valence-corrected chi connectivity index (χ2v) is 7.66. The lowest BCUT2D eigenvalue weighted by atomic mass is 9.87. The van der Waals surface area contributed by atoms with Gasteiger partial charge in [0.2, 0.25) is 5.89 Å². The maximum absolute atomic E-state index is 9.51. The minimum Gasteiger partial charge on any atom is -0.508 e. The van der Waals surface area contributed by atoms with E-state index in [0.717, 1.165) is 44.4 Å². The first-order valence-corrected chi connectivity index (χ1v) is 8.50. The monoisotopic (exact) mass is 329 g/mol. The van der Waals surface area contributed by atoms with E-state index < -0.39 is 5.79 Å². The average molecular weight is 329 g/mol. The summed E-state index contributed by atoms with van der Waals surface area (Å²) in [6.45, 7) is 5.83. The van der Waals surface area contributed by atoms with Crippen molar-refractivity contribution in [3.8, 4) is 5.75 Å². The molecule has 1 saturated carbocycles. The van der Waals surface area contributed by atoms with E-state index in [2.05, 4.69) is 18.8 Å². The molecular weight excluding hydrogens is 306 g/mol. The fourth-order valence-electron chi connectivity index (χ4n) is 3.29. The topological polar surface area (TPSA) is 64.7 Å². The van der Waals surface area contributed by atoms with Gasteiger partial charge in [-0.1, -0.05) is 19.4 Å². The van der Waals surface area contributed by atoms with Gasteiger partial charge in [-0.25, -0.2) is 4.98 Å². The number of aromatic nitrogens is 1. The highest BCUT2D eigenvalue weighted by atomic mass is 16.7. The molecule has 0 radical (unpaired) electrons. The van der Waals surface area contributed by atoms with Crippen LogP contribution in [0.2, 0.25) is 0 Å². The third kappa shape index (κ3) is 3.06. The number of hydrogen-bond donors (Lipinski definition) is 1. The first kappa shape index (κ1) is 15.7. The minimum absolute atomic E-state index is 0.102. The van der Waals surface area contributed by atoms with Crippen molar-refractivity contribution in [3.63, 3.8) is 0 Å². The number of phenolic OH excluding ortho intramolecular Hbond substituents is 1. The molecule has 1 aliphatic carbocycles. The van der Waals surface area contributed by atoms with Gasteiger partial charge in [-0.3, -0.25) is 0 Å². The Morgan fingerprint density at radius 1 is 1.12 bits per heavy atom. The zero-order chi connectivity index (χ0) is 16.8. The van der Waals surface area contributed by atoms with Crippen molar-refractivity contribution < 1.29 is 19.0 Å². The van der Waals surface area contributed by atoms with Crippen LogP contribution < -0.4 is 0 Å². The summed E-state index contributed by atoms with van der Waals surface area (Å²) in [7, 11) is 0. The Labute approximate surface area is 141 Å². The summed E-state index contributed by atoms with van der Waals surface area (Å²) in [5.74, 6) is 0.375. The standard InChI is InChI=1S/C19H23NO4/c1-18(2)11-22-19(23-12-18)7-5-13(6-8-19)9-17-20-15-4-3-14(21)10-16(15)24-17/h3-4,9-10,21H,5-8,11-12H2,1-2H3. The van der Waals surface area contributed by atoms with Crippen LogP contribution in [-0.2, 0) is 9.47 Å². The highest BCUT2D eigenvalue weighted by Gasteiger charge is 2.42. The van der Waals surface area contributed by atoms with Gasteiger partial charge in [0.05, 0.1) is 13.2 Å². The number of oxazole rings is 1. The Bertz CT molecular complexity index is 768. The molecule has 1 spiro atoms. The minimum atomic E-state index is -0.403. The van der Waals surface area contributed by atoms with E-state index in [1.54, 1.807) is 18.2 Å². The van der Waals surface area contributed by atoms with E-state index in [-0.39, 0.29) is 11.2 Å². The normalized spacial score (nSPS) is 22.8. The Balaban J connectivity index is 1.46. The zero-order valence-electron chi connectivity index (χ0n) is 14.2. The summed E-state index contributed by atoms with van der Waals surface area (Å²) in [5, 5.41) is 9.51. The van der Waals surface area contributed by atoms with Crippen LogP contribution in [0, 0.1) is 5.41 Å². The Morgan fingerprint density at radius 2 is 1.83 bits per heavy atom. The SMILES string of the molecule is CC1(C)COC2(CCC(=Cc3nc4ccc(O)cc4o3)CC2)OC1. The number of ether oxygens (including phenoxy) is 2. The lowest BCUT2D eigenvalue weighted by molar-refractivity contribution is -0.307. The van der Waals surface area contributed by atoms with Crippen molar-refractivity contribution in [2.75, 3.05) is 13.2 Å². The van der Waals surface area contributed by atoms with Gasteiger partial charge in [-0.2, -0.15) is 0 Å².